The number of nitrogens with one attached hydrogen (secondary N) is 1. The maximum atomic E-state index is 11.5. The third-order valence-electron chi connectivity index (χ3n) is 3.55. The molecule has 2 N–H and O–H groups in total. The predicted octanol–water partition coefficient (Wildman–Crippen LogP) is 4.92. The number of benzene rings is 1. The molecule has 0 aliphatic carbocycles. The minimum Gasteiger partial charge on any atom is -0.477 e. The van der Waals surface area contributed by atoms with Crippen LogP contribution in [-0.4, -0.2) is 26.3 Å². The summed E-state index contributed by atoms with van der Waals surface area (Å²) in [4.78, 5) is 15.8. The van der Waals surface area contributed by atoms with E-state index in [0.717, 1.165) is 27.4 Å². The van der Waals surface area contributed by atoms with Crippen LogP contribution in [0.1, 0.15) is 24.1 Å². The Morgan fingerprint density at radius 1 is 1.38 bits per heavy atom. The zero-order chi connectivity index (χ0) is 18.7. The number of aromatic amines is 1. The van der Waals surface area contributed by atoms with Crippen LogP contribution < -0.4 is 0 Å². The van der Waals surface area contributed by atoms with Crippen LogP contribution >= 0.6 is 27.7 Å². The normalized spacial score (nSPS) is 11.7. The van der Waals surface area contributed by atoms with Gasteiger partial charge < -0.3 is 9.52 Å². The molecule has 2 aromatic heterocycles. The van der Waals surface area contributed by atoms with E-state index in [4.69, 9.17) is 4.42 Å². The van der Waals surface area contributed by atoms with E-state index in [1.54, 1.807) is 6.07 Å². The van der Waals surface area contributed by atoms with Gasteiger partial charge in [0, 0.05) is 22.5 Å². The van der Waals surface area contributed by atoms with Gasteiger partial charge in [-0.2, -0.15) is 0 Å². The minimum absolute atomic E-state index is 0.0792. The monoisotopic (exact) mass is 433 g/mol. The molecule has 0 saturated heterocycles. The molecule has 0 aliphatic rings. The van der Waals surface area contributed by atoms with Crippen molar-refractivity contribution in [2.24, 2.45) is 0 Å². The van der Waals surface area contributed by atoms with Crippen molar-refractivity contribution in [1.29, 1.82) is 0 Å². The molecule has 2 heterocycles. The van der Waals surface area contributed by atoms with Crippen molar-refractivity contribution in [2.45, 2.75) is 25.4 Å². The van der Waals surface area contributed by atoms with E-state index in [9.17, 15) is 9.90 Å². The minimum atomic E-state index is -1.06. The second-order valence-corrected chi connectivity index (χ2v) is 7.38. The Morgan fingerprint density at radius 2 is 2.19 bits per heavy atom. The molecule has 0 unspecified atom stereocenters. The Kier molecular flexibility index (Phi) is 5.63. The van der Waals surface area contributed by atoms with E-state index >= 15 is 0 Å². The number of hydrogen-bond donors (Lipinski definition) is 2. The number of carbonyl (C=O) groups is 1. The largest absolute Gasteiger partial charge is 0.477 e. The van der Waals surface area contributed by atoms with Gasteiger partial charge >= 0.3 is 5.97 Å². The first kappa shape index (κ1) is 18.5. The molecule has 3 aromatic rings. The summed E-state index contributed by atoms with van der Waals surface area (Å²) in [5.74, 6) is 0.752. The molecule has 6 nitrogen and oxygen atoms in total. The molecule has 134 valence electrons. The first-order valence-electron chi connectivity index (χ1n) is 7.86. The standard InChI is InChI=1S/C18H16BrN3O3S/c1-3-16-20-18(22-21-16)26-15(17(23)24)9-11-5-7-14(25-11)12-6-4-10(2)8-13(12)19/h4-9H,3H2,1-2H3,(H,23,24)(H,20,21,22)/b15-9-. The van der Waals surface area contributed by atoms with Crippen LogP contribution in [0.5, 0.6) is 0 Å². The number of aromatic nitrogens is 3. The van der Waals surface area contributed by atoms with E-state index in [-0.39, 0.29) is 4.91 Å². The summed E-state index contributed by atoms with van der Waals surface area (Å²) in [5, 5.41) is 16.6. The fraction of sp³-hybridized carbons (Fsp3) is 0.167. The van der Waals surface area contributed by atoms with Crippen LogP contribution in [0.2, 0.25) is 0 Å². The Hall–Kier alpha value is -2.32. The fourth-order valence-corrected chi connectivity index (χ4v) is 3.63. The van der Waals surface area contributed by atoms with E-state index in [0.29, 0.717) is 28.9 Å². The van der Waals surface area contributed by atoms with Gasteiger partial charge in [0.15, 0.2) is 0 Å². The van der Waals surface area contributed by atoms with E-state index in [2.05, 4.69) is 31.1 Å². The van der Waals surface area contributed by atoms with Gasteiger partial charge in [0.1, 0.15) is 22.3 Å². The summed E-state index contributed by atoms with van der Waals surface area (Å²) in [6, 6.07) is 9.50. The highest BCUT2D eigenvalue weighted by molar-refractivity contribution is 9.10. The van der Waals surface area contributed by atoms with Crippen molar-refractivity contribution in [3.8, 4) is 11.3 Å². The summed E-state index contributed by atoms with van der Waals surface area (Å²) in [6.07, 6.45) is 2.17. The lowest BCUT2D eigenvalue weighted by Gasteiger charge is -2.02. The summed E-state index contributed by atoms with van der Waals surface area (Å²) in [7, 11) is 0. The van der Waals surface area contributed by atoms with E-state index in [1.807, 2.05) is 38.1 Å². The van der Waals surface area contributed by atoms with E-state index in [1.165, 1.54) is 6.08 Å². The lowest BCUT2D eigenvalue weighted by atomic mass is 10.1. The highest BCUT2D eigenvalue weighted by Crippen LogP contribution is 2.32. The highest BCUT2D eigenvalue weighted by atomic mass is 79.9. The molecule has 0 spiro atoms. The summed E-state index contributed by atoms with van der Waals surface area (Å²) >= 11 is 4.50. The van der Waals surface area contributed by atoms with Crippen LogP contribution in [0.3, 0.4) is 0 Å². The third-order valence-corrected chi connectivity index (χ3v) is 5.08. The van der Waals surface area contributed by atoms with Crippen LogP contribution in [0.4, 0.5) is 0 Å². The van der Waals surface area contributed by atoms with Crippen molar-refractivity contribution in [2.75, 3.05) is 0 Å². The Bertz CT molecular complexity index is 978. The lowest BCUT2D eigenvalue weighted by molar-refractivity contribution is -0.131. The maximum absolute atomic E-state index is 11.5. The number of nitrogens with zero attached hydrogens (tertiary/aromatic N) is 2. The van der Waals surface area contributed by atoms with Crippen LogP contribution in [0, 0.1) is 6.92 Å². The van der Waals surface area contributed by atoms with Gasteiger partial charge in [-0.15, -0.1) is 5.10 Å². The molecule has 0 saturated carbocycles. The number of aryl methyl sites for hydroxylation is 2. The lowest BCUT2D eigenvalue weighted by Crippen LogP contribution is -1.97. The molecule has 0 bridgehead atoms. The fourth-order valence-electron chi connectivity index (χ4n) is 2.24. The third kappa shape index (κ3) is 4.25. The number of carboxylic acid groups (broad SMARTS) is 1. The molecule has 8 heteroatoms. The smallest absolute Gasteiger partial charge is 0.342 e. The van der Waals surface area contributed by atoms with Gasteiger partial charge in [-0.3, -0.25) is 5.10 Å². The van der Waals surface area contributed by atoms with Crippen LogP contribution in [0.15, 0.2) is 49.3 Å². The van der Waals surface area contributed by atoms with Gasteiger partial charge in [0.25, 0.3) is 0 Å². The summed E-state index contributed by atoms with van der Waals surface area (Å²) < 4.78 is 6.72. The Morgan fingerprint density at radius 3 is 2.85 bits per heavy atom. The zero-order valence-electron chi connectivity index (χ0n) is 14.1. The van der Waals surface area contributed by atoms with Gasteiger partial charge in [0.2, 0.25) is 5.16 Å². The SMILES string of the molecule is CCc1nc(S/C(=C\c2ccc(-c3ccc(C)cc3Br)o2)C(=O)O)n[nH]1. The summed E-state index contributed by atoms with van der Waals surface area (Å²) in [5.41, 5.74) is 2.04. The van der Waals surface area contributed by atoms with Gasteiger partial charge in [-0.25, -0.2) is 9.78 Å². The molecule has 26 heavy (non-hydrogen) atoms. The molecular weight excluding hydrogens is 418 g/mol. The van der Waals surface area contributed by atoms with Gasteiger partial charge in [-0.05, 0) is 48.5 Å². The molecule has 0 amide bonds. The topological polar surface area (TPSA) is 92.0 Å². The van der Waals surface area contributed by atoms with Crippen molar-refractivity contribution in [3.63, 3.8) is 0 Å². The van der Waals surface area contributed by atoms with Crippen LogP contribution in [-0.2, 0) is 11.2 Å². The molecule has 0 aliphatic heterocycles. The van der Waals surface area contributed by atoms with Crippen molar-refractivity contribution in [3.05, 3.63) is 56.9 Å². The molecule has 1 aromatic carbocycles. The number of carboxylic acids is 1. The number of thioether (sulfide) groups is 1. The van der Waals surface area contributed by atoms with Crippen molar-refractivity contribution < 1.29 is 14.3 Å². The van der Waals surface area contributed by atoms with Crippen molar-refractivity contribution >= 4 is 39.7 Å². The van der Waals surface area contributed by atoms with Crippen molar-refractivity contribution in [1.82, 2.24) is 15.2 Å². The number of H-pyrrole nitrogens is 1. The number of aliphatic carboxylic acids is 1. The van der Waals surface area contributed by atoms with Gasteiger partial charge in [-0.1, -0.05) is 28.9 Å². The number of rotatable bonds is 6. The first-order valence-corrected chi connectivity index (χ1v) is 9.47. The van der Waals surface area contributed by atoms with Crippen LogP contribution in [0.25, 0.3) is 17.4 Å². The maximum Gasteiger partial charge on any atom is 0.342 e. The molecular formula is C18H16BrN3O3S. The highest BCUT2D eigenvalue weighted by Gasteiger charge is 2.15. The van der Waals surface area contributed by atoms with Gasteiger partial charge in [0.05, 0.1) is 0 Å². The average Bonchev–Trinajstić information content (AvgIpc) is 3.23. The molecule has 0 radical (unpaired) electrons. The molecule has 0 fully saturated rings. The van der Waals surface area contributed by atoms with E-state index < -0.39 is 5.97 Å². The second-order valence-electron chi connectivity index (χ2n) is 5.52. The first-order chi connectivity index (χ1) is 12.5. The quantitative estimate of drug-likeness (QED) is 0.423. The zero-order valence-corrected chi connectivity index (χ0v) is 16.5. The Balaban J connectivity index is 1.86. The molecule has 3 rings (SSSR count). The summed E-state index contributed by atoms with van der Waals surface area (Å²) in [6.45, 7) is 3.95. The second kappa shape index (κ2) is 7.92. The molecule has 0 atom stereocenters. The Labute approximate surface area is 162 Å². The number of halogens is 1. The predicted molar refractivity (Wildman–Crippen MR) is 104 cm³/mol. The number of hydrogen-bond acceptors (Lipinski definition) is 5. The number of furan rings is 1. The average molecular weight is 434 g/mol.